The van der Waals surface area contributed by atoms with Crippen LogP contribution in [0, 0.1) is 12.3 Å². The highest BCUT2D eigenvalue weighted by molar-refractivity contribution is 5.77. The van der Waals surface area contributed by atoms with Crippen LogP contribution >= 0.6 is 0 Å². The summed E-state index contributed by atoms with van der Waals surface area (Å²) in [6.45, 7) is 7.74. The maximum absolute atomic E-state index is 11.8. The van der Waals surface area contributed by atoms with Gasteiger partial charge in [-0.25, -0.2) is 0 Å². The normalized spacial score (nSPS) is 12.9. The number of aliphatic hydroxyl groups excluding tert-OH is 1. The quantitative estimate of drug-likeness (QED) is 0.855. The lowest BCUT2D eigenvalue weighted by molar-refractivity contribution is -0.125. The minimum absolute atomic E-state index is 0.0456. The Balaban J connectivity index is 2.48. The number of rotatable bonds is 5. The topological polar surface area (TPSA) is 58.6 Å². The maximum atomic E-state index is 11.8. The van der Waals surface area contributed by atoms with E-state index in [-0.39, 0.29) is 30.6 Å². The highest BCUT2D eigenvalue weighted by atomic mass is 16.5. The lowest BCUT2D eigenvalue weighted by atomic mass is 9.87. The summed E-state index contributed by atoms with van der Waals surface area (Å²) in [4.78, 5) is 11.8. The second kappa shape index (κ2) is 6.57. The molecule has 0 bridgehead atoms. The molecular weight excluding hydrogens is 242 g/mol. The highest BCUT2D eigenvalue weighted by Crippen LogP contribution is 2.18. The molecule has 0 fully saturated rings. The van der Waals surface area contributed by atoms with E-state index in [0.717, 1.165) is 5.56 Å². The minimum Gasteiger partial charge on any atom is -0.484 e. The molecule has 1 amide bonds. The summed E-state index contributed by atoms with van der Waals surface area (Å²) in [5.41, 5.74) is 0.897. The van der Waals surface area contributed by atoms with E-state index in [1.807, 2.05) is 52.0 Å². The standard InChI is InChI=1S/C15H23NO3/c1-11-6-5-7-12(8-11)19-10-14(18)16-13(9-17)15(2,3)4/h5-8,13,17H,9-10H2,1-4H3,(H,16,18). The van der Waals surface area contributed by atoms with Crippen LogP contribution in [0.1, 0.15) is 26.3 Å². The monoisotopic (exact) mass is 265 g/mol. The molecule has 0 saturated carbocycles. The van der Waals surface area contributed by atoms with Crippen molar-refractivity contribution in [2.24, 2.45) is 5.41 Å². The minimum atomic E-state index is -0.277. The number of benzene rings is 1. The molecule has 0 spiro atoms. The molecule has 0 aromatic heterocycles. The van der Waals surface area contributed by atoms with E-state index >= 15 is 0 Å². The molecule has 0 saturated heterocycles. The summed E-state index contributed by atoms with van der Waals surface area (Å²) >= 11 is 0. The van der Waals surface area contributed by atoms with Crippen molar-refractivity contribution in [1.82, 2.24) is 5.32 Å². The van der Waals surface area contributed by atoms with Crippen molar-refractivity contribution >= 4 is 5.91 Å². The molecule has 0 radical (unpaired) electrons. The van der Waals surface area contributed by atoms with Crippen LogP contribution in [-0.2, 0) is 4.79 Å². The fourth-order valence-electron chi connectivity index (χ4n) is 1.63. The van der Waals surface area contributed by atoms with Gasteiger partial charge < -0.3 is 15.2 Å². The zero-order valence-electron chi connectivity index (χ0n) is 12.1. The average molecular weight is 265 g/mol. The third-order valence-corrected chi connectivity index (χ3v) is 2.92. The van der Waals surface area contributed by atoms with E-state index in [1.165, 1.54) is 0 Å². The average Bonchev–Trinajstić information content (AvgIpc) is 2.32. The largest absolute Gasteiger partial charge is 0.484 e. The predicted octanol–water partition coefficient (Wildman–Crippen LogP) is 1.90. The second-order valence-corrected chi connectivity index (χ2v) is 5.77. The van der Waals surface area contributed by atoms with E-state index in [0.29, 0.717) is 5.75 Å². The fourth-order valence-corrected chi connectivity index (χ4v) is 1.63. The third-order valence-electron chi connectivity index (χ3n) is 2.92. The first-order chi connectivity index (χ1) is 8.82. The van der Waals surface area contributed by atoms with Gasteiger partial charge in [0.15, 0.2) is 6.61 Å². The van der Waals surface area contributed by atoms with Crippen molar-refractivity contribution in [2.75, 3.05) is 13.2 Å². The van der Waals surface area contributed by atoms with Crippen LogP contribution in [0.25, 0.3) is 0 Å². The van der Waals surface area contributed by atoms with Gasteiger partial charge >= 0.3 is 0 Å². The van der Waals surface area contributed by atoms with Gasteiger partial charge in [-0.05, 0) is 30.0 Å². The molecule has 4 nitrogen and oxygen atoms in total. The van der Waals surface area contributed by atoms with Gasteiger partial charge in [-0.1, -0.05) is 32.9 Å². The van der Waals surface area contributed by atoms with E-state index in [2.05, 4.69) is 5.32 Å². The van der Waals surface area contributed by atoms with Crippen molar-refractivity contribution in [2.45, 2.75) is 33.7 Å². The number of hydrogen-bond acceptors (Lipinski definition) is 3. The molecule has 1 aromatic rings. The van der Waals surface area contributed by atoms with E-state index in [1.54, 1.807) is 0 Å². The second-order valence-electron chi connectivity index (χ2n) is 5.77. The Morgan fingerprint density at radius 3 is 2.63 bits per heavy atom. The summed E-state index contributed by atoms with van der Waals surface area (Å²) < 4.78 is 5.41. The first kappa shape index (κ1) is 15.5. The fraction of sp³-hybridized carbons (Fsp3) is 0.533. The number of carbonyl (C=O) groups is 1. The summed E-state index contributed by atoms with van der Waals surface area (Å²) in [7, 11) is 0. The van der Waals surface area contributed by atoms with E-state index in [9.17, 15) is 9.90 Å². The Kier molecular flexibility index (Phi) is 5.36. The predicted molar refractivity (Wildman–Crippen MR) is 75.1 cm³/mol. The Labute approximate surface area is 114 Å². The molecular formula is C15H23NO3. The van der Waals surface area contributed by atoms with Crippen LogP contribution < -0.4 is 10.1 Å². The molecule has 1 atom stereocenters. The van der Waals surface area contributed by atoms with Gasteiger partial charge in [-0.2, -0.15) is 0 Å². The van der Waals surface area contributed by atoms with Crippen molar-refractivity contribution in [3.63, 3.8) is 0 Å². The zero-order chi connectivity index (χ0) is 14.5. The highest BCUT2D eigenvalue weighted by Gasteiger charge is 2.25. The van der Waals surface area contributed by atoms with Crippen molar-refractivity contribution in [3.05, 3.63) is 29.8 Å². The number of aryl methyl sites for hydroxylation is 1. The zero-order valence-corrected chi connectivity index (χ0v) is 12.1. The maximum Gasteiger partial charge on any atom is 0.258 e. The molecule has 4 heteroatoms. The third kappa shape index (κ3) is 5.30. The number of nitrogens with one attached hydrogen (secondary N) is 1. The summed E-state index contributed by atoms with van der Waals surface area (Å²) in [6.07, 6.45) is 0. The number of aliphatic hydroxyl groups is 1. The Morgan fingerprint density at radius 1 is 1.42 bits per heavy atom. The van der Waals surface area contributed by atoms with Gasteiger partial charge in [0.25, 0.3) is 5.91 Å². The van der Waals surface area contributed by atoms with Gasteiger partial charge in [0.05, 0.1) is 12.6 Å². The van der Waals surface area contributed by atoms with Gasteiger partial charge in [0.1, 0.15) is 5.75 Å². The van der Waals surface area contributed by atoms with Gasteiger partial charge in [0.2, 0.25) is 0 Å². The molecule has 19 heavy (non-hydrogen) atoms. The number of amides is 1. The lowest BCUT2D eigenvalue weighted by Crippen LogP contribution is -2.47. The van der Waals surface area contributed by atoms with Crippen LogP contribution in [0.4, 0.5) is 0 Å². The Bertz CT molecular complexity index is 424. The summed E-state index contributed by atoms with van der Waals surface area (Å²) in [6, 6.07) is 7.26. The molecule has 2 N–H and O–H groups in total. The summed E-state index contributed by atoms with van der Waals surface area (Å²) in [5.74, 6) is 0.446. The number of hydrogen-bond donors (Lipinski definition) is 2. The molecule has 1 aromatic carbocycles. The van der Waals surface area contributed by atoms with Crippen LogP contribution in [0.3, 0.4) is 0 Å². The van der Waals surface area contributed by atoms with E-state index < -0.39 is 0 Å². The molecule has 0 aliphatic carbocycles. The van der Waals surface area contributed by atoms with Crippen LogP contribution in [0.15, 0.2) is 24.3 Å². The lowest BCUT2D eigenvalue weighted by Gasteiger charge is -2.29. The van der Waals surface area contributed by atoms with Crippen molar-refractivity contribution in [1.29, 1.82) is 0 Å². The van der Waals surface area contributed by atoms with Gasteiger partial charge in [-0.3, -0.25) is 4.79 Å². The van der Waals surface area contributed by atoms with Crippen molar-refractivity contribution < 1.29 is 14.6 Å². The molecule has 0 heterocycles. The number of ether oxygens (including phenoxy) is 1. The smallest absolute Gasteiger partial charge is 0.258 e. The Hall–Kier alpha value is -1.55. The number of carbonyl (C=O) groups excluding carboxylic acids is 1. The van der Waals surface area contributed by atoms with Crippen molar-refractivity contribution in [3.8, 4) is 5.75 Å². The van der Waals surface area contributed by atoms with E-state index in [4.69, 9.17) is 4.74 Å². The molecule has 106 valence electrons. The molecule has 1 unspecified atom stereocenters. The van der Waals surface area contributed by atoms with Crippen LogP contribution in [-0.4, -0.2) is 30.3 Å². The SMILES string of the molecule is Cc1cccc(OCC(=O)NC(CO)C(C)(C)C)c1. The molecule has 0 aliphatic rings. The molecule has 1 rings (SSSR count). The van der Waals surface area contributed by atoms with Crippen LogP contribution in [0.5, 0.6) is 5.75 Å². The van der Waals surface area contributed by atoms with Gasteiger partial charge in [0, 0.05) is 0 Å². The summed E-state index contributed by atoms with van der Waals surface area (Å²) in [5, 5.41) is 12.1. The van der Waals surface area contributed by atoms with Gasteiger partial charge in [-0.15, -0.1) is 0 Å². The Morgan fingerprint density at radius 2 is 2.11 bits per heavy atom. The first-order valence-corrected chi connectivity index (χ1v) is 6.42. The van der Waals surface area contributed by atoms with Crippen LogP contribution in [0.2, 0.25) is 0 Å². The first-order valence-electron chi connectivity index (χ1n) is 6.42. The molecule has 0 aliphatic heterocycles.